The van der Waals surface area contributed by atoms with E-state index in [4.69, 9.17) is 26.2 Å². The van der Waals surface area contributed by atoms with Crippen LogP contribution in [0.25, 0.3) is 0 Å². The van der Waals surface area contributed by atoms with Crippen LogP contribution in [-0.4, -0.2) is 34.0 Å². The molecule has 0 unspecified atom stereocenters. The van der Waals surface area contributed by atoms with Crippen LogP contribution in [0.4, 0.5) is 5.69 Å². The van der Waals surface area contributed by atoms with Crippen molar-refractivity contribution in [1.82, 2.24) is 0 Å². The third-order valence-electron chi connectivity index (χ3n) is 3.18. The van der Waals surface area contributed by atoms with Crippen molar-refractivity contribution in [2.24, 2.45) is 5.14 Å². The van der Waals surface area contributed by atoms with Crippen LogP contribution in [0, 0.1) is 0 Å². The van der Waals surface area contributed by atoms with Crippen LogP contribution in [0.5, 0.6) is 5.75 Å². The molecule has 1 amide bonds. The first-order chi connectivity index (χ1) is 12.2. The van der Waals surface area contributed by atoms with Gasteiger partial charge in [-0.15, -0.1) is 0 Å². The number of esters is 1. The first-order valence-corrected chi connectivity index (χ1v) is 9.06. The fraction of sp³-hybridized carbons (Fsp3) is 0.125. The first-order valence-electron chi connectivity index (χ1n) is 7.14. The minimum absolute atomic E-state index is 0.101. The molecule has 10 heteroatoms. The molecule has 8 nitrogen and oxygen atoms in total. The summed E-state index contributed by atoms with van der Waals surface area (Å²) in [6.07, 6.45) is 0. The maximum absolute atomic E-state index is 12.0. The van der Waals surface area contributed by atoms with Crippen molar-refractivity contribution in [3.05, 3.63) is 53.1 Å². The van der Waals surface area contributed by atoms with E-state index in [1.807, 2.05) is 0 Å². The summed E-state index contributed by atoms with van der Waals surface area (Å²) in [6, 6.07) is 10.0. The molecule has 0 aliphatic heterocycles. The Morgan fingerprint density at radius 1 is 1.15 bits per heavy atom. The number of halogens is 1. The van der Waals surface area contributed by atoms with Crippen molar-refractivity contribution in [3.8, 4) is 5.75 Å². The van der Waals surface area contributed by atoms with Crippen molar-refractivity contribution in [2.75, 3.05) is 19.0 Å². The zero-order chi connectivity index (χ0) is 19.3. The molecule has 0 aliphatic carbocycles. The smallest absolute Gasteiger partial charge is 0.338 e. The van der Waals surface area contributed by atoms with Gasteiger partial charge in [-0.2, -0.15) is 0 Å². The molecular formula is C16H15ClN2O6S. The zero-order valence-electron chi connectivity index (χ0n) is 13.6. The molecule has 0 saturated carbocycles. The maximum atomic E-state index is 12.0. The predicted octanol–water partition coefficient (Wildman–Crippen LogP) is 1.79. The van der Waals surface area contributed by atoms with Crippen LogP contribution in [0.15, 0.2) is 47.4 Å². The Morgan fingerprint density at radius 2 is 1.81 bits per heavy atom. The number of nitrogens with two attached hydrogens (primary N) is 1. The van der Waals surface area contributed by atoms with Crippen molar-refractivity contribution < 1.29 is 27.5 Å². The maximum Gasteiger partial charge on any atom is 0.338 e. The number of anilines is 1. The highest BCUT2D eigenvalue weighted by molar-refractivity contribution is 7.89. The molecule has 138 valence electrons. The standard InChI is InChI=1S/C16H15ClN2O6S/c1-24-12-5-3-11(4-6-12)19-15(20)9-25-16(21)10-2-7-13(17)14(8-10)26(18,22)23/h2-8H,9H2,1H3,(H,19,20)(H2,18,22,23). The Kier molecular flexibility index (Phi) is 6.19. The molecule has 0 fully saturated rings. The third-order valence-corrected chi connectivity index (χ3v) is 4.57. The number of rotatable bonds is 6. The van der Waals surface area contributed by atoms with E-state index in [0.29, 0.717) is 11.4 Å². The lowest BCUT2D eigenvalue weighted by Crippen LogP contribution is -2.21. The number of nitrogens with one attached hydrogen (secondary N) is 1. The lowest BCUT2D eigenvalue weighted by molar-refractivity contribution is -0.119. The summed E-state index contributed by atoms with van der Waals surface area (Å²) in [4.78, 5) is 23.4. The van der Waals surface area contributed by atoms with Crippen molar-refractivity contribution in [3.63, 3.8) is 0 Å². The van der Waals surface area contributed by atoms with Gasteiger partial charge in [-0.1, -0.05) is 11.6 Å². The largest absolute Gasteiger partial charge is 0.497 e. The van der Waals surface area contributed by atoms with E-state index >= 15 is 0 Å². The number of hydrogen-bond donors (Lipinski definition) is 2. The van der Waals surface area contributed by atoms with E-state index in [2.05, 4.69) is 5.32 Å². The van der Waals surface area contributed by atoms with Crippen molar-refractivity contribution in [1.29, 1.82) is 0 Å². The van der Waals surface area contributed by atoms with Gasteiger partial charge in [-0.25, -0.2) is 18.4 Å². The highest BCUT2D eigenvalue weighted by Gasteiger charge is 2.18. The van der Waals surface area contributed by atoms with E-state index in [9.17, 15) is 18.0 Å². The number of methoxy groups -OCH3 is 1. The highest BCUT2D eigenvalue weighted by atomic mass is 35.5. The second-order valence-electron chi connectivity index (χ2n) is 5.04. The quantitative estimate of drug-likeness (QED) is 0.714. The molecule has 0 heterocycles. The Labute approximate surface area is 154 Å². The summed E-state index contributed by atoms with van der Waals surface area (Å²) in [6.45, 7) is -0.557. The normalized spacial score (nSPS) is 10.9. The number of ether oxygens (including phenoxy) is 2. The zero-order valence-corrected chi connectivity index (χ0v) is 15.1. The van der Waals surface area contributed by atoms with Gasteiger partial charge in [0.15, 0.2) is 6.61 Å². The van der Waals surface area contributed by atoms with E-state index < -0.39 is 33.4 Å². The number of carbonyl (C=O) groups excluding carboxylic acids is 2. The topological polar surface area (TPSA) is 125 Å². The fourth-order valence-corrected chi connectivity index (χ4v) is 3.01. The summed E-state index contributed by atoms with van der Waals surface area (Å²) in [7, 11) is -2.58. The number of sulfonamides is 1. The van der Waals surface area contributed by atoms with Gasteiger partial charge in [0.05, 0.1) is 17.7 Å². The van der Waals surface area contributed by atoms with Gasteiger partial charge in [-0.05, 0) is 42.5 Å². The molecule has 0 saturated heterocycles. The molecule has 0 radical (unpaired) electrons. The highest BCUT2D eigenvalue weighted by Crippen LogP contribution is 2.22. The molecule has 0 bridgehead atoms. The van der Waals surface area contributed by atoms with Gasteiger partial charge in [0.1, 0.15) is 10.6 Å². The molecule has 3 N–H and O–H groups in total. The second-order valence-corrected chi connectivity index (χ2v) is 6.98. The number of amides is 1. The molecule has 0 aliphatic rings. The Balaban J connectivity index is 1.98. The minimum Gasteiger partial charge on any atom is -0.497 e. The molecule has 26 heavy (non-hydrogen) atoms. The summed E-state index contributed by atoms with van der Waals surface area (Å²) in [5.41, 5.74) is 0.394. The molecule has 2 rings (SSSR count). The van der Waals surface area contributed by atoms with E-state index in [1.54, 1.807) is 24.3 Å². The Bertz CT molecular complexity index is 928. The first kappa shape index (κ1) is 19.7. The lowest BCUT2D eigenvalue weighted by atomic mass is 10.2. The van der Waals surface area contributed by atoms with Gasteiger partial charge in [0, 0.05) is 5.69 Å². The van der Waals surface area contributed by atoms with Crippen LogP contribution in [0.1, 0.15) is 10.4 Å². The monoisotopic (exact) mass is 398 g/mol. The molecule has 0 aromatic heterocycles. The van der Waals surface area contributed by atoms with E-state index in [-0.39, 0.29) is 10.6 Å². The predicted molar refractivity (Wildman–Crippen MR) is 94.7 cm³/mol. The molecule has 2 aromatic rings. The lowest BCUT2D eigenvalue weighted by Gasteiger charge is -2.08. The molecule has 0 spiro atoms. The van der Waals surface area contributed by atoms with Gasteiger partial charge in [-0.3, -0.25) is 4.79 Å². The summed E-state index contributed by atoms with van der Waals surface area (Å²) < 4.78 is 32.7. The minimum atomic E-state index is -4.10. The average Bonchev–Trinajstić information content (AvgIpc) is 2.59. The van der Waals surface area contributed by atoms with Gasteiger partial charge in [0.25, 0.3) is 5.91 Å². The molecular weight excluding hydrogens is 384 g/mol. The van der Waals surface area contributed by atoms with E-state index in [1.165, 1.54) is 19.2 Å². The number of primary sulfonamides is 1. The Hall–Kier alpha value is -2.62. The average molecular weight is 399 g/mol. The third kappa shape index (κ3) is 5.19. The number of hydrogen-bond acceptors (Lipinski definition) is 6. The van der Waals surface area contributed by atoms with Crippen LogP contribution in [-0.2, 0) is 19.6 Å². The fourth-order valence-electron chi connectivity index (χ4n) is 1.93. The molecule has 0 atom stereocenters. The van der Waals surface area contributed by atoms with Gasteiger partial charge < -0.3 is 14.8 Å². The molecule has 2 aromatic carbocycles. The van der Waals surface area contributed by atoms with Gasteiger partial charge in [0.2, 0.25) is 10.0 Å². The number of carbonyl (C=O) groups is 2. The van der Waals surface area contributed by atoms with Crippen LogP contribution in [0.3, 0.4) is 0 Å². The summed E-state index contributed by atoms with van der Waals surface area (Å²) in [5, 5.41) is 7.43. The van der Waals surface area contributed by atoms with Crippen molar-refractivity contribution >= 4 is 39.2 Å². The second kappa shape index (κ2) is 8.17. The van der Waals surface area contributed by atoms with Crippen LogP contribution >= 0.6 is 11.6 Å². The Morgan fingerprint density at radius 3 is 2.38 bits per heavy atom. The van der Waals surface area contributed by atoms with Gasteiger partial charge >= 0.3 is 5.97 Å². The summed E-state index contributed by atoms with van der Waals surface area (Å²) >= 11 is 5.74. The van der Waals surface area contributed by atoms with Crippen molar-refractivity contribution in [2.45, 2.75) is 4.90 Å². The van der Waals surface area contributed by atoms with Crippen LogP contribution in [0.2, 0.25) is 5.02 Å². The number of benzene rings is 2. The summed E-state index contributed by atoms with van der Waals surface area (Å²) in [5.74, 6) is -0.830. The van der Waals surface area contributed by atoms with Crippen LogP contribution < -0.4 is 15.2 Å². The SMILES string of the molecule is COc1ccc(NC(=O)COC(=O)c2ccc(Cl)c(S(N)(=O)=O)c2)cc1. The van der Waals surface area contributed by atoms with E-state index in [0.717, 1.165) is 6.07 Å².